The molecule has 2 N–H and O–H groups in total. The summed E-state index contributed by atoms with van der Waals surface area (Å²) in [7, 11) is 2.97. The molecule has 1 aromatic heterocycles. The van der Waals surface area contributed by atoms with Crippen molar-refractivity contribution < 1.29 is 23.5 Å². The number of benzene rings is 3. The molecule has 8 nitrogen and oxygen atoms in total. The molecule has 4 rings (SSSR count). The highest BCUT2D eigenvalue weighted by Crippen LogP contribution is 2.37. The molecule has 0 unspecified atom stereocenters. The molecule has 0 saturated heterocycles. The molecule has 1 heterocycles. The van der Waals surface area contributed by atoms with Crippen LogP contribution in [0, 0.1) is 6.92 Å². The normalized spacial score (nSPS) is 10.5. The lowest BCUT2D eigenvalue weighted by Gasteiger charge is -2.16. The Morgan fingerprint density at radius 1 is 0.889 bits per heavy atom. The van der Waals surface area contributed by atoms with Crippen LogP contribution >= 0.6 is 0 Å². The summed E-state index contributed by atoms with van der Waals surface area (Å²) in [4.78, 5) is 29.5. The van der Waals surface area contributed by atoms with Gasteiger partial charge in [-0.3, -0.25) is 9.59 Å². The van der Waals surface area contributed by atoms with Crippen LogP contribution in [0.4, 0.5) is 11.4 Å². The van der Waals surface area contributed by atoms with E-state index in [1.165, 1.54) is 14.2 Å². The number of methoxy groups -OCH3 is 2. The number of hydrogen-bond donors (Lipinski definition) is 2. The van der Waals surface area contributed by atoms with Gasteiger partial charge in [0, 0.05) is 36.1 Å². The van der Waals surface area contributed by atoms with Crippen molar-refractivity contribution in [2.75, 3.05) is 24.9 Å². The summed E-state index contributed by atoms with van der Waals surface area (Å²) >= 11 is 0. The fraction of sp³-hybridized carbons (Fsp3) is 0.179. The van der Waals surface area contributed by atoms with Gasteiger partial charge in [-0.1, -0.05) is 48.0 Å². The number of hydrogen-bond acceptors (Lipinski definition) is 6. The van der Waals surface area contributed by atoms with Crippen LogP contribution in [0.25, 0.3) is 11.3 Å². The van der Waals surface area contributed by atoms with Crippen LogP contribution in [0.2, 0.25) is 0 Å². The lowest BCUT2D eigenvalue weighted by atomic mass is 10.1. The molecule has 36 heavy (non-hydrogen) atoms. The Hall–Kier alpha value is -4.59. The van der Waals surface area contributed by atoms with Crippen LogP contribution in [0.1, 0.15) is 28.2 Å². The van der Waals surface area contributed by atoms with Crippen LogP contribution in [0.5, 0.6) is 11.5 Å². The average Bonchev–Trinajstić information content (AvgIpc) is 3.38. The van der Waals surface area contributed by atoms with Crippen molar-refractivity contribution in [2.24, 2.45) is 0 Å². The molecule has 0 spiro atoms. The molecule has 0 atom stereocenters. The second-order valence-corrected chi connectivity index (χ2v) is 8.11. The summed E-state index contributed by atoms with van der Waals surface area (Å²) in [5.74, 6) is 1.36. The Morgan fingerprint density at radius 3 is 2.17 bits per heavy atom. The van der Waals surface area contributed by atoms with Gasteiger partial charge in [-0.2, -0.15) is 0 Å². The van der Waals surface area contributed by atoms with E-state index in [2.05, 4.69) is 15.6 Å². The maximum atomic E-state index is 12.7. The first-order valence-electron chi connectivity index (χ1n) is 11.4. The quantitative estimate of drug-likeness (QED) is 0.325. The molecule has 0 aliphatic heterocycles. The first-order valence-corrected chi connectivity index (χ1v) is 11.4. The van der Waals surface area contributed by atoms with Crippen molar-refractivity contribution in [2.45, 2.75) is 19.8 Å². The van der Waals surface area contributed by atoms with E-state index >= 15 is 0 Å². The van der Waals surface area contributed by atoms with E-state index < -0.39 is 0 Å². The minimum Gasteiger partial charge on any atom is -0.494 e. The molecular weight excluding hydrogens is 458 g/mol. The van der Waals surface area contributed by atoms with E-state index in [1.807, 2.05) is 37.3 Å². The number of nitrogens with zero attached hydrogens (tertiary/aromatic N) is 1. The van der Waals surface area contributed by atoms with Crippen LogP contribution < -0.4 is 20.1 Å². The third-order valence-corrected chi connectivity index (χ3v) is 5.54. The lowest BCUT2D eigenvalue weighted by Crippen LogP contribution is -2.15. The molecule has 2 amide bonds. The van der Waals surface area contributed by atoms with Gasteiger partial charge in [0.05, 0.1) is 31.8 Å². The number of rotatable bonds is 9. The highest BCUT2D eigenvalue weighted by Gasteiger charge is 2.17. The third-order valence-electron chi connectivity index (χ3n) is 5.54. The maximum Gasteiger partial charge on any atom is 0.255 e. The van der Waals surface area contributed by atoms with E-state index in [0.29, 0.717) is 46.5 Å². The van der Waals surface area contributed by atoms with E-state index in [-0.39, 0.29) is 18.2 Å². The molecule has 0 radical (unpaired) electrons. The minimum atomic E-state index is -0.288. The fourth-order valence-electron chi connectivity index (χ4n) is 3.59. The zero-order valence-corrected chi connectivity index (χ0v) is 20.3. The maximum absolute atomic E-state index is 12.7. The van der Waals surface area contributed by atoms with Crippen molar-refractivity contribution in [3.63, 3.8) is 0 Å². The number of nitrogens with one attached hydrogen (secondary N) is 2. The molecule has 4 aromatic rings. The van der Waals surface area contributed by atoms with E-state index in [4.69, 9.17) is 13.9 Å². The van der Waals surface area contributed by atoms with Crippen LogP contribution in [0.15, 0.2) is 77.3 Å². The number of aryl methyl sites for hydroxylation is 2. The highest BCUT2D eigenvalue weighted by atomic mass is 16.5. The SMILES string of the molecule is COc1cc(NC(=O)c2ccccc2)c(OC)cc1NC(=O)CCc1ncc(-c2ccc(C)cc2)o1. The summed E-state index contributed by atoms with van der Waals surface area (Å²) in [6.07, 6.45) is 2.16. The van der Waals surface area contributed by atoms with Crippen molar-refractivity contribution in [3.05, 3.63) is 89.9 Å². The van der Waals surface area contributed by atoms with Crippen molar-refractivity contribution in [3.8, 4) is 22.8 Å². The van der Waals surface area contributed by atoms with Gasteiger partial charge >= 0.3 is 0 Å². The molecule has 0 aliphatic carbocycles. The van der Waals surface area contributed by atoms with Crippen LogP contribution in [0.3, 0.4) is 0 Å². The number of anilines is 2. The molecule has 0 saturated carbocycles. The molecule has 0 bridgehead atoms. The monoisotopic (exact) mass is 485 g/mol. The topological polar surface area (TPSA) is 103 Å². The Balaban J connectivity index is 1.41. The molecule has 3 aromatic carbocycles. The number of ether oxygens (including phenoxy) is 2. The van der Waals surface area contributed by atoms with Gasteiger partial charge in [-0.15, -0.1) is 0 Å². The summed E-state index contributed by atoms with van der Waals surface area (Å²) in [6.45, 7) is 2.02. The number of aromatic nitrogens is 1. The van der Waals surface area contributed by atoms with Gasteiger partial charge in [-0.25, -0.2) is 4.98 Å². The lowest BCUT2D eigenvalue weighted by molar-refractivity contribution is -0.116. The van der Waals surface area contributed by atoms with E-state index in [1.54, 1.807) is 42.6 Å². The Morgan fingerprint density at radius 2 is 1.53 bits per heavy atom. The first-order chi connectivity index (χ1) is 17.5. The Bertz CT molecular complexity index is 1350. The highest BCUT2D eigenvalue weighted by molar-refractivity contribution is 6.05. The number of carbonyl (C=O) groups excluding carboxylic acids is 2. The summed E-state index contributed by atoms with van der Waals surface area (Å²) in [6, 6.07) is 20.0. The van der Waals surface area contributed by atoms with Crippen molar-refractivity contribution >= 4 is 23.2 Å². The standard InChI is InChI=1S/C28H27N3O5/c1-18-9-11-19(12-10-18)25-17-29-27(36-25)14-13-26(32)30-21-15-24(35-3)22(16-23(21)34-2)31-28(33)20-7-5-4-6-8-20/h4-12,15-17H,13-14H2,1-3H3,(H,30,32)(H,31,33). The second-order valence-electron chi connectivity index (χ2n) is 8.11. The average molecular weight is 486 g/mol. The zero-order chi connectivity index (χ0) is 25.5. The van der Waals surface area contributed by atoms with Gasteiger partial charge in [0.2, 0.25) is 5.91 Å². The van der Waals surface area contributed by atoms with E-state index in [0.717, 1.165) is 11.1 Å². The number of amides is 2. The zero-order valence-electron chi connectivity index (χ0n) is 20.3. The van der Waals surface area contributed by atoms with Crippen molar-refractivity contribution in [1.29, 1.82) is 0 Å². The molecule has 0 aliphatic rings. The predicted molar refractivity (Wildman–Crippen MR) is 138 cm³/mol. The van der Waals surface area contributed by atoms with Crippen LogP contribution in [-0.2, 0) is 11.2 Å². The van der Waals surface area contributed by atoms with Gasteiger partial charge in [0.15, 0.2) is 11.7 Å². The van der Waals surface area contributed by atoms with Gasteiger partial charge in [-0.05, 0) is 19.1 Å². The Kier molecular flexibility index (Phi) is 7.65. The van der Waals surface area contributed by atoms with E-state index in [9.17, 15) is 9.59 Å². The summed E-state index contributed by atoms with van der Waals surface area (Å²) in [5, 5.41) is 5.66. The minimum absolute atomic E-state index is 0.159. The van der Waals surface area contributed by atoms with Gasteiger partial charge in [0.25, 0.3) is 5.91 Å². The van der Waals surface area contributed by atoms with Crippen LogP contribution in [-0.4, -0.2) is 31.0 Å². The van der Waals surface area contributed by atoms with Crippen molar-refractivity contribution in [1.82, 2.24) is 4.98 Å². The Labute approximate surface area is 209 Å². The first kappa shape index (κ1) is 24.5. The van der Waals surface area contributed by atoms with Gasteiger partial charge in [0.1, 0.15) is 11.5 Å². The predicted octanol–water partition coefficient (Wildman–Crippen LogP) is 5.49. The molecule has 8 heteroatoms. The molecule has 0 fully saturated rings. The summed E-state index contributed by atoms with van der Waals surface area (Å²) < 4.78 is 16.7. The second kappa shape index (κ2) is 11.2. The summed E-state index contributed by atoms with van der Waals surface area (Å²) in [5.41, 5.74) is 3.44. The molecule has 184 valence electrons. The third kappa shape index (κ3) is 5.90. The largest absolute Gasteiger partial charge is 0.494 e. The number of carbonyl (C=O) groups is 2. The molecular formula is C28H27N3O5. The smallest absolute Gasteiger partial charge is 0.255 e. The van der Waals surface area contributed by atoms with Gasteiger partial charge < -0.3 is 24.5 Å². The number of oxazole rings is 1. The fourth-order valence-corrected chi connectivity index (χ4v) is 3.59.